The number of rotatable bonds is 2. The second-order valence-electron chi connectivity index (χ2n) is 3.79. The molecule has 16 heavy (non-hydrogen) atoms. The molecule has 1 aromatic rings. The van der Waals surface area contributed by atoms with Crippen LogP contribution in [0.5, 0.6) is 0 Å². The lowest BCUT2D eigenvalue weighted by atomic mass is 10.2. The minimum Gasteiger partial charge on any atom is -0.382 e. The van der Waals surface area contributed by atoms with Crippen molar-refractivity contribution < 1.29 is 4.79 Å². The molecule has 0 saturated carbocycles. The van der Waals surface area contributed by atoms with E-state index in [1.54, 1.807) is 11.0 Å². The Labute approximate surface area is 107 Å². The molecular weight excluding hydrogens is 293 g/mol. The third-order valence-electron chi connectivity index (χ3n) is 2.58. The molecule has 0 bridgehead atoms. The SMILES string of the molecule is Nc1ncc(Cl)cc1N1CC(CBr)CC1=O. The van der Waals surface area contributed by atoms with E-state index < -0.39 is 0 Å². The van der Waals surface area contributed by atoms with Crippen LogP contribution in [-0.4, -0.2) is 22.8 Å². The quantitative estimate of drug-likeness (QED) is 0.851. The van der Waals surface area contributed by atoms with Gasteiger partial charge in [-0.15, -0.1) is 0 Å². The van der Waals surface area contributed by atoms with Crippen LogP contribution in [0.1, 0.15) is 6.42 Å². The number of nitrogens with two attached hydrogens (primary N) is 1. The highest BCUT2D eigenvalue weighted by atomic mass is 79.9. The maximum Gasteiger partial charge on any atom is 0.227 e. The third kappa shape index (κ3) is 2.15. The van der Waals surface area contributed by atoms with Gasteiger partial charge in [0.25, 0.3) is 0 Å². The van der Waals surface area contributed by atoms with Crippen molar-refractivity contribution in [3.05, 3.63) is 17.3 Å². The zero-order chi connectivity index (χ0) is 11.7. The van der Waals surface area contributed by atoms with Crippen molar-refractivity contribution in [3.63, 3.8) is 0 Å². The average molecular weight is 305 g/mol. The van der Waals surface area contributed by atoms with E-state index in [1.165, 1.54) is 6.20 Å². The van der Waals surface area contributed by atoms with E-state index in [4.69, 9.17) is 17.3 Å². The van der Waals surface area contributed by atoms with E-state index in [9.17, 15) is 4.79 Å². The van der Waals surface area contributed by atoms with Gasteiger partial charge in [-0.1, -0.05) is 27.5 Å². The Morgan fingerprint density at radius 3 is 3.06 bits per heavy atom. The fourth-order valence-electron chi connectivity index (χ4n) is 1.77. The number of nitrogen functional groups attached to an aromatic ring is 1. The molecular formula is C10H11BrClN3O. The molecule has 1 aromatic heterocycles. The first-order valence-corrected chi connectivity index (χ1v) is 6.39. The molecule has 1 amide bonds. The molecule has 0 aliphatic carbocycles. The molecule has 1 aliphatic heterocycles. The molecule has 1 unspecified atom stereocenters. The molecule has 6 heteroatoms. The van der Waals surface area contributed by atoms with Crippen LogP contribution in [0.2, 0.25) is 5.02 Å². The van der Waals surface area contributed by atoms with Crippen molar-refractivity contribution in [2.45, 2.75) is 6.42 Å². The Morgan fingerprint density at radius 1 is 1.69 bits per heavy atom. The maximum atomic E-state index is 11.8. The molecule has 4 nitrogen and oxygen atoms in total. The summed E-state index contributed by atoms with van der Waals surface area (Å²) in [6, 6.07) is 1.68. The summed E-state index contributed by atoms with van der Waals surface area (Å²) in [5.41, 5.74) is 6.36. The van der Waals surface area contributed by atoms with Crippen LogP contribution in [0.3, 0.4) is 0 Å². The fraction of sp³-hybridized carbons (Fsp3) is 0.400. The zero-order valence-corrected chi connectivity index (χ0v) is 10.8. The number of amides is 1. The summed E-state index contributed by atoms with van der Waals surface area (Å²) in [4.78, 5) is 17.4. The van der Waals surface area contributed by atoms with Gasteiger partial charge in [0.05, 0.1) is 10.7 Å². The van der Waals surface area contributed by atoms with Gasteiger partial charge in [-0.2, -0.15) is 0 Å². The highest BCUT2D eigenvalue weighted by Crippen LogP contribution is 2.30. The molecule has 0 radical (unpaired) electrons. The van der Waals surface area contributed by atoms with Crippen LogP contribution in [0.4, 0.5) is 11.5 Å². The number of pyridine rings is 1. The zero-order valence-electron chi connectivity index (χ0n) is 8.49. The normalized spacial score (nSPS) is 20.5. The van der Waals surface area contributed by atoms with E-state index in [2.05, 4.69) is 20.9 Å². The summed E-state index contributed by atoms with van der Waals surface area (Å²) in [5, 5.41) is 1.29. The molecule has 1 saturated heterocycles. The largest absolute Gasteiger partial charge is 0.382 e. The highest BCUT2D eigenvalue weighted by Gasteiger charge is 2.31. The molecule has 0 aromatic carbocycles. The van der Waals surface area contributed by atoms with Crippen LogP contribution in [-0.2, 0) is 4.79 Å². The van der Waals surface area contributed by atoms with E-state index >= 15 is 0 Å². The predicted octanol–water partition coefficient (Wildman–Crippen LogP) is 2.06. The van der Waals surface area contributed by atoms with Crippen LogP contribution in [0.25, 0.3) is 0 Å². The average Bonchev–Trinajstić information content (AvgIpc) is 2.63. The summed E-state index contributed by atoms with van der Waals surface area (Å²) >= 11 is 9.23. The monoisotopic (exact) mass is 303 g/mol. The van der Waals surface area contributed by atoms with Crippen LogP contribution in [0, 0.1) is 5.92 Å². The van der Waals surface area contributed by atoms with Crippen molar-refractivity contribution in [1.82, 2.24) is 4.98 Å². The molecule has 0 spiro atoms. The van der Waals surface area contributed by atoms with Crippen LogP contribution in [0.15, 0.2) is 12.3 Å². The first-order valence-electron chi connectivity index (χ1n) is 4.89. The number of anilines is 2. The second kappa shape index (κ2) is 4.59. The second-order valence-corrected chi connectivity index (χ2v) is 4.87. The lowest BCUT2D eigenvalue weighted by molar-refractivity contribution is -0.117. The van der Waals surface area contributed by atoms with E-state index in [1.807, 2.05) is 0 Å². The minimum absolute atomic E-state index is 0.0696. The number of hydrogen-bond donors (Lipinski definition) is 1. The number of halogens is 2. The number of carbonyl (C=O) groups excluding carboxylic acids is 1. The van der Waals surface area contributed by atoms with E-state index in [-0.39, 0.29) is 5.91 Å². The van der Waals surface area contributed by atoms with Gasteiger partial charge in [-0.3, -0.25) is 4.79 Å². The molecule has 1 fully saturated rings. The number of hydrogen-bond acceptors (Lipinski definition) is 3. The summed E-state index contributed by atoms with van der Waals surface area (Å²) < 4.78 is 0. The molecule has 1 atom stereocenters. The molecule has 2 N–H and O–H groups in total. The van der Waals surface area contributed by atoms with Crippen LogP contribution >= 0.6 is 27.5 Å². The van der Waals surface area contributed by atoms with Crippen molar-refractivity contribution in [2.24, 2.45) is 5.92 Å². The van der Waals surface area contributed by atoms with E-state index in [0.29, 0.717) is 35.4 Å². The fourth-order valence-corrected chi connectivity index (χ4v) is 2.36. The molecule has 2 rings (SSSR count). The Kier molecular flexibility index (Phi) is 3.35. The van der Waals surface area contributed by atoms with Gasteiger partial charge in [0.2, 0.25) is 5.91 Å². The van der Waals surface area contributed by atoms with Gasteiger partial charge in [0.15, 0.2) is 0 Å². The number of alkyl halides is 1. The van der Waals surface area contributed by atoms with Gasteiger partial charge < -0.3 is 10.6 Å². The van der Waals surface area contributed by atoms with Crippen LogP contribution < -0.4 is 10.6 Å². The van der Waals surface area contributed by atoms with Crippen molar-refractivity contribution >= 4 is 44.9 Å². The number of aromatic nitrogens is 1. The standard InChI is InChI=1S/C10H11BrClN3O/c11-3-6-1-9(16)15(5-6)8-2-7(12)4-14-10(8)13/h2,4,6H,1,3,5H2,(H2,13,14). The van der Waals surface area contributed by atoms with Crippen molar-refractivity contribution in [3.8, 4) is 0 Å². The van der Waals surface area contributed by atoms with E-state index in [0.717, 1.165) is 5.33 Å². The lowest BCUT2D eigenvalue weighted by Gasteiger charge is -2.17. The van der Waals surface area contributed by atoms with Crippen molar-refractivity contribution in [2.75, 3.05) is 22.5 Å². The first kappa shape index (κ1) is 11.7. The predicted molar refractivity (Wildman–Crippen MR) is 67.9 cm³/mol. The van der Waals surface area contributed by atoms with Gasteiger partial charge >= 0.3 is 0 Å². The van der Waals surface area contributed by atoms with Crippen molar-refractivity contribution in [1.29, 1.82) is 0 Å². The summed E-state index contributed by atoms with van der Waals surface area (Å²) in [7, 11) is 0. The lowest BCUT2D eigenvalue weighted by Crippen LogP contribution is -2.25. The smallest absolute Gasteiger partial charge is 0.227 e. The molecule has 2 heterocycles. The summed E-state index contributed by atoms with van der Waals surface area (Å²) in [6.45, 7) is 0.663. The third-order valence-corrected chi connectivity index (χ3v) is 3.70. The Hall–Kier alpha value is -0.810. The topological polar surface area (TPSA) is 59.2 Å². The molecule has 1 aliphatic rings. The first-order chi connectivity index (χ1) is 7.61. The van der Waals surface area contributed by atoms with Gasteiger partial charge in [0, 0.05) is 24.5 Å². The number of carbonyl (C=O) groups is 1. The Balaban J connectivity index is 2.30. The summed E-state index contributed by atoms with van der Waals surface area (Å²) in [5.74, 6) is 0.735. The minimum atomic E-state index is 0.0696. The Morgan fingerprint density at radius 2 is 2.44 bits per heavy atom. The Bertz CT molecular complexity index is 427. The summed E-state index contributed by atoms with van der Waals surface area (Å²) in [6.07, 6.45) is 2.01. The molecule has 86 valence electrons. The van der Waals surface area contributed by atoms with Gasteiger partial charge in [-0.25, -0.2) is 4.98 Å². The highest BCUT2D eigenvalue weighted by molar-refractivity contribution is 9.09. The maximum absolute atomic E-state index is 11.8. The van der Waals surface area contributed by atoms with Gasteiger partial charge in [-0.05, 0) is 12.0 Å². The van der Waals surface area contributed by atoms with Gasteiger partial charge in [0.1, 0.15) is 5.82 Å². The number of nitrogens with zero attached hydrogens (tertiary/aromatic N) is 2.